The van der Waals surface area contributed by atoms with Crippen molar-refractivity contribution < 1.29 is 18.0 Å². The molecule has 0 aliphatic carbocycles. The number of hydrogen-bond donors (Lipinski definition) is 2. The van der Waals surface area contributed by atoms with Crippen LogP contribution in [0.3, 0.4) is 0 Å². The highest BCUT2D eigenvalue weighted by molar-refractivity contribution is 7.80. The van der Waals surface area contributed by atoms with Gasteiger partial charge in [-0.15, -0.1) is 0 Å². The Labute approximate surface area is 129 Å². The molecule has 22 heavy (non-hydrogen) atoms. The van der Waals surface area contributed by atoms with E-state index in [4.69, 9.17) is 12.2 Å². The van der Waals surface area contributed by atoms with E-state index in [1.807, 2.05) is 0 Å². The lowest BCUT2D eigenvalue weighted by molar-refractivity contribution is -0.137. The van der Waals surface area contributed by atoms with Gasteiger partial charge < -0.3 is 5.32 Å². The fourth-order valence-corrected chi connectivity index (χ4v) is 1.75. The maximum Gasteiger partial charge on any atom is 0.417 e. The maximum atomic E-state index is 12.4. The van der Waals surface area contributed by atoms with Crippen LogP contribution in [0, 0.1) is 0 Å². The predicted octanol–water partition coefficient (Wildman–Crippen LogP) is 3.23. The minimum atomic E-state index is -4.45. The quantitative estimate of drug-likeness (QED) is 0.833. The second kappa shape index (κ2) is 6.52. The number of halogens is 3. The SMILES string of the molecule is O=C(NC(=S)Nc1ccc(C(F)(F)F)cn1)c1ccccc1. The molecule has 0 saturated carbocycles. The number of amides is 1. The zero-order chi connectivity index (χ0) is 16.2. The van der Waals surface area contributed by atoms with Crippen molar-refractivity contribution in [1.29, 1.82) is 0 Å². The van der Waals surface area contributed by atoms with Crippen LogP contribution in [0.15, 0.2) is 48.7 Å². The monoisotopic (exact) mass is 325 g/mol. The number of rotatable bonds is 2. The van der Waals surface area contributed by atoms with Crippen molar-refractivity contribution in [1.82, 2.24) is 10.3 Å². The summed E-state index contributed by atoms with van der Waals surface area (Å²) in [6, 6.07) is 10.4. The Hall–Kier alpha value is -2.48. The van der Waals surface area contributed by atoms with Gasteiger partial charge >= 0.3 is 6.18 Å². The number of anilines is 1. The molecule has 0 radical (unpaired) electrons. The van der Waals surface area contributed by atoms with Crippen LogP contribution in [0.25, 0.3) is 0 Å². The minimum Gasteiger partial charge on any atom is -0.317 e. The highest BCUT2D eigenvalue weighted by atomic mass is 32.1. The molecule has 0 saturated heterocycles. The van der Waals surface area contributed by atoms with Gasteiger partial charge in [-0.1, -0.05) is 18.2 Å². The molecule has 0 spiro atoms. The Morgan fingerprint density at radius 3 is 2.32 bits per heavy atom. The first-order valence-electron chi connectivity index (χ1n) is 6.07. The Morgan fingerprint density at radius 1 is 1.09 bits per heavy atom. The first-order chi connectivity index (χ1) is 10.4. The van der Waals surface area contributed by atoms with E-state index in [2.05, 4.69) is 15.6 Å². The molecule has 1 heterocycles. The van der Waals surface area contributed by atoms with Crippen molar-refractivity contribution in [2.75, 3.05) is 5.32 Å². The lowest BCUT2D eigenvalue weighted by Gasteiger charge is -2.10. The number of pyridine rings is 1. The molecule has 4 nitrogen and oxygen atoms in total. The fourth-order valence-electron chi connectivity index (χ4n) is 1.55. The molecule has 1 aromatic heterocycles. The van der Waals surface area contributed by atoms with E-state index in [1.54, 1.807) is 30.3 Å². The summed E-state index contributed by atoms with van der Waals surface area (Å²) in [6.45, 7) is 0. The Balaban J connectivity index is 1.96. The number of nitrogens with one attached hydrogen (secondary N) is 2. The Kier molecular flexibility index (Phi) is 4.71. The Morgan fingerprint density at radius 2 is 1.77 bits per heavy atom. The summed E-state index contributed by atoms with van der Waals surface area (Å²) < 4.78 is 37.2. The standard InChI is InChI=1S/C14H10F3N3OS/c15-14(16,17)10-6-7-11(18-8-10)19-13(22)20-12(21)9-4-2-1-3-5-9/h1-8H,(H2,18,19,20,21,22). The van der Waals surface area contributed by atoms with Crippen molar-refractivity contribution in [2.45, 2.75) is 6.18 Å². The average Bonchev–Trinajstić information content (AvgIpc) is 2.47. The lowest BCUT2D eigenvalue weighted by atomic mass is 10.2. The third-order valence-corrected chi connectivity index (χ3v) is 2.80. The molecular weight excluding hydrogens is 315 g/mol. The number of carbonyl (C=O) groups is 1. The van der Waals surface area contributed by atoms with Crippen LogP contribution in [0.2, 0.25) is 0 Å². The summed E-state index contributed by atoms with van der Waals surface area (Å²) in [5, 5.41) is 4.90. The van der Waals surface area contributed by atoms with Crippen LogP contribution in [0.5, 0.6) is 0 Å². The van der Waals surface area contributed by atoms with E-state index in [0.717, 1.165) is 12.1 Å². The molecule has 0 unspecified atom stereocenters. The second-order valence-corrected chi connectivity index (χ2v) is 4.61. The van der Waals surface area contributed by atoms with Gasteiger partial charge in [-0.25, -0.2) is 4.98 Å². The largest absolute Gasteiger partial charge is 0.417 e. The molecule has 2 N–H and O–H groups in total. The minimum absolute atomic E-state index is 0.0545. The summed E-state index contributed by atoms with van der Waals surface area (Å²) in [5.74, 6) is -0.323. The Bertz CT molecular complexity index is 672. The number of hydrogen-bond acceptors (Lipinski definition) is 3. The smallest absolute Gasteiger partial charge is 0.317 e. The van der Waals surface area contributed by atoms with Crippen LogP contribution >= 0.6 is 12.2 Å². The van der Waals surface area contributed by atoms with Gasteiger partial charge in [0, 0.05) is 11.8 Å². The van der Waals surface area contributed by atoms with Crippen LogP contribution in [0.1, 0.15) is 15.9 Å². The van der Waals surface area contributed by atoms with Crippen LogP contribution in [0.4, 0.5) is 19.0 Å². The van der Waals surface area contributed by atoms with Crippen molar-refractivity contribution in [3.8, 4) is 0 Å². The van der Waals surface area contributed by atoms with Gasteiger partial charge in [0.1, 0.15) is 5.82 Å². The van der Waals surface area contributed by atoms with Crippen molar-refractivity contribution >= 4 is 29.1 Å². The van der Waals surface area contributed by atoms with E-state index < -0.39 is 17.6 Å². The van der Waals surface area contributed by atoms with E-state index in [9.17, 15) is 18.0 Å². The summed E-state index contributed by atoms with van der Waals surface area (Å²) in [7, 11) is 0. The average molecular weight is 325 g/mol. The number of benzene rings is 1. The van der Waals surface area contributed by atoms with E-state index in [1.165, 1.54) is 0 Å². The van der Waals surface area contributed by atoms with Crippen molar-refractivity contribution in [3.63, 3.8) is 0 Å². The van der Waals surface area contributed by atoms with Crippen LogP contribution < -0.4 is 10.6 Å². The first-order valence-corrected chi connectivity index (χ1v) is 6.48. The molecule has 0 aliphatic heterocycles. The number of aromatic nitrogens is 1. The lowest BCUT2D eigenvalue weighted by Crippen LogP contribution is -2.34. The molecule has 0 bridgehead atoms. The molecule has 0 aliphatic rings. The van der Waals surface area contributed by atoms with Gasteiger partial charge in [0.2, 0.25) is 0 Å². The zero-order valence-electron chi connectivity index (χ0n) is 11.0. The molecule has 0 atom stereocenters. The van der Waals surface area contributed by atoms with Crippen molar-refractivity contribution in [3.05, 3.63) is 59.8 Å². The van der Waals surface area contributed by atoms with E-state index >= 15 is 0 Å². The predicted molar refractivity (Wildman–Crippen MR) is 79.4 cm³/mol. The third kappa shape index (κ3) is 4.26. The van der Waals surface area contributed by atoms with Gasteiger partial charge in [-0.2, -0.15) is 13.2 Å². The maximum absolute atomic E-state index is 12.4. The van der Waals surface area contributed by atoms with Gasteiger partial charge in [0.05, 0.1) is 5.56 Å². The van der Waals surface area contributed by atoms with Gasteiger partial charge in [-0.05, 0) is 36.5 Å². The topological polar surface area (TPSA) is 54.0 Å². The van der Waals surface area contributed by atoms with Gasteiger partial charge in [0.15, 0.2) is 5.11 Å². The normalized spacial score (nSPS) is 10.9. The zero-order valence-corrected chi connectivity index (χ0v) is 11.8. The molecule has 0 fully saturated rings. The van der Waals surface area contributed by atoms with Crippen LogP contribution in [-0.2, 0) is 6.18 Å². The second-order valence-electron chi connectivity index (χ2n) is 4.20. The molecule has 2 rings (SSSR count). The van der Waals surface area contributed by atoms with Gasteiger partial charge in [-0.3, -0.25) is 10.1 Å². The van der Waals surface area contributed by atoms with Gasteiger partial charge in [0.25, 0.3) is 5.91 Å². The number of alkyl halides is 3. The summed E-state index contributed by atoms with van der Waals surface area (Å²) >= 11 is 4.91. The highest BCUT2D eigenvalue weighted by Gasteiger charge is 2.30. The number of carbonyl (C=O) groups excluding carboxylic acids is 1. The van der Waals surface area contributed by atoms with E-state index in [0.29, 0.717) is 11.8 Å². The highest BCUT2D eigenvalue weighted by Crippen LogP contribution is 2.28. The first kappa shape index (κ1) is 15.9. The van der Waals surface area contributed by atoms with Crippen LogP contribution in [-0.4, -0.2) is 16.0 Å². The molecule has 1 aromatic carbocycles. The third-order valence-electron chi connectivity index (χ3n) is 2.60. The molecule has 1 amide bonds. The summed E-state index contributed by atoms with van der Waals surface area (Å²) in [5.41, 5.74) is -0.454. The molecule has 114 valence electrons. The summed E-state index contributed by atoms with van der Waals surface area (Å²) in [4.78, 5) is 15.4. The molecular formula is C14H10F3N3OS. The summed E-state index contributed by atoms with van der Waals surface area (Å²) in [6.07, 6.45) is -3.77. The molecule has 2 aromatic rings. The number of thiocarbonyl (C=S) groups is 1. The molecule has 8 heteroatoms. The van der Waals surface area contributed by atoms with Crippen molar-refractivity contribution in [2.24, 2.45) is 0 Å². The fraction of sp³-hybridized carbons (Fsp3) is 0.0714. The number of nitrogens with zero attached hydrogens (tertiary/aromatic N) is 1. The van der Waals surface area contributed by atoms with E-state index in [-0.39, 0.29) is 10.9 Å².